The first kappa shape index (κ1) is 79.3. The van der Waals surface area contributed by atoms with Crippen LogP contribution >= 0.6 is 0 Å². The average Bonchev–Trinajstić information content (AvgIpc) is 3.49. The van der Waals surface area contributed by atoms with Crippen molar-refractivity contribution in [3.8, 4) is 0 Å². The highest BCUT2D eigenvalue weighted by Crippen LogP contribution is 2.17. The SMILES string of the molecule is CC/C=C\C/C=C\C/C=C\C/C=C\C/C=C\C/C=C\CCCCCCCCCCCCCCCCCCC(=O)OCC(COC(=O)CCCCCCC/C=C\CCCCCCCC)OC(=O)CCCCCCC/C=C\CCCCCCCC. The molecule has 1 atom stereocenters. The molecule has 6 nitrogen and oxygen atoms in total. The summed E-state index contributed by atoms with van der Waals surface area (Å²) in [6, 6.07) is 0. The quantitative estimate of drug-likeness (QED) is 0.0261. The van der Waals surface area contributed by atoms with Crippen molar-refractivity contribution in [3.05, 3.63) is 97.2 Å². The molecule has 0 saturated carbocycles. The number of carbonyl (C=O) groups excluding carboxylic acids is 3. The maximum atomic E-state index is 12.9. The van der Waals surface area contributed by atoms with E-state index < -0.39 is 6.10 Å². The number of carbonyl (C=O) groups is 3. The van der Waals surface area contributed by atoms with Crippen molar-refractivity contribution in [3.63, 3.8) is 0 Å². The molecule has 0 saturated heterocycles. The van der Waals surface area contributed by atoms with E-state index in [4.69, 9.17) is 14.2 Å². The van der Waals surface area contributed by atoms with Gasteiger partial charge < -0.3 is 14.2 Å². The van der Waals surface area contributed by atoms with Crippen LogP contribution in [0.3, 0.4) is 0 Å². The molecule has 6 heteroatoms. The monoisotopic (exact) mass is 1160 g/mol. The van der Waals surface area contributed by atoms with Gasteiger partial charge in [0.1, 0.15) is 13.2 Å². The fourth-order valence-corrected chi connectivity index (χ4v) is 10.2. The summed E-state index contributed by atoms with van der Waals surface area (Å²) >= 11 is 0. The van der Waals surface area contributed by atoms with Gasteiger partial charge in [-0.15, -0.1) is 0 Å². The summed E-state index contributed by atoms with van der Waals surface area (Å²) in [5.41, 5.74) is 0. The fourth-order valence-electron chi connectivity index (χ4n) is 10.2. The summed E-state index contributed by atoms with van der Waals surface area (Å²) in [5, 5.41) is 0. The number of hydrogen-bond acceptors (Lipinski definition) is 6. The predicted molar refractivity (Wildman–Crippen MR) is 362 cm³/mol. The number of unbranched alkanes of at least 4 members (excludes halogenated alkanes) is 38. The highest BCUT2D eigenvalue weighted by atomic mass is 16.6. The van der Waals surface area contributed by atoms with Crippen molar-refractivity contribution in [1.29, 1.82) is 0 Å². The van der Waals surface area contributed by atoms with Gasteiger partial charge in [0.05, 0.1) is 0 Å². The predicted octanol–water partition coefficient (Wildman–Crippen LogP) is 24.8. The first-order valence-electron chi connectivity index (χ1n) is 35.7. The Morgan fingerprint density at radius 1 is 0.253 bits per heavy atom. The summed E-state index contributed by atoms with van der Waals surface area (Å²) in [7, 11) is 0. The van der Waals surface area contributed by atoms with Crippen molar-refractivity contribution < 1.29 is 28.6 Å². The summed E-state index contributed by atoms with van der Waals surface area (Å²) in [4.78, 5) is 38.4. The number of allylic oxidation sites excluding steroid dienone is 16. The van der Waals surface area contributed by atoms with Gasteiger partial charge in [-0.3, -0.25) is 14.4 Å². The third-order valence-corrected chi connectivity index (χ3v) is 15.5. The van der Waals surface area contributed by atoms with Gasteiger partial charge >= 0.3 is 17.9 Å². The van der Waals surface area contributed by atoms with Gasteiger partial charge in [0.2, 0.25) is 0 Å². The summed E-state index contributed by atoms with van der Waals surface area (Å²) < 4.78 is 17.0. The first-order chi connectivity index (χ1) is 41.0. The van der Waals surface area contributed by atoms with Crippen LogP contribution in [0.4, 0.5) is 0 Å². The van der Waals surface area contributed by atoms with Crippen molar-refractivity contribution in [2.75, 3.05) is 13.2 Å². The number of ether oxygens (including phenoxy) is 3. The Bertz CT molecular complexity index is 1610. The lowest BCUT2D eigenvalue weighted by Gasteiger charge is -2.18. The molecular formula is C77H134O6. The standard InChI is InChI=1S/C77H134O6/c1-4-7-10-13-16-19-22-25-28-29-30-31-32-33-34-35-36-37-38-39-40-41-42-43-44-45-46-47-50-52-55-58-61-64-67-70-76(79)82-73-74(83-77(80)71-68-65-62-59-56-53-49-27-24-21-18-15-12-9-6-3)72-81-75(78)69-66-63-60-57-54-51-48-26-23-20-17-14-11-8-5-2/h7,10,16,19,25-28,30-31,33-34,36-37,48-49,74H,4-6,8-9,11-15,17-18,20-24,29,32,35,38-47,50-73H2,1-3H3/b10-7-,19-16-,28-25-,31-30-,34-33-,37-36-,48-26-,49-27-. The minimum absolute atomic E-state index is 0.0794. The topological polar surface area (TPSA) is 78.9 Å². The molecule has 0 heterocycles. The number of esters is 3. The molecule has 0 amide bonds. The van der Waals surface area contributed by atoms with Crippen LogP contribution in [0.25, 0.3) is 0 Å². The van der Waals surface area contributed by atoms with Crippen LogP contribution < -0.4 is 0 Å². The van der Waals surface area contributed by atoms with E-state index in [1.807, 2.05) is 0 Å². The number of rotatable bonds is 65. The minimum atomic E-state index is -0.784. The van der Waals surface area contributed by atoms with E-state index in [9.17, 15) is 14.4 Å². The Hall–Kier alpha value is -3.67. The van der Waals surface area contributed by atoms with E-state index >= 15 is 0 Å². The van der Waals surface area contributed by atoms with Gasteiger partial charge in [-0.05, 0) is 122 Å². The van der Waals surface area contributed by atoms with Crippen LogP contribution in [-0.2, 0) is 28.6 Å². The molecule has 0 aromatic heterocycles. The molecule has 0 rings (SSSR count). The lowest BCUT2D eigenvalue weighted by Crippen LogP contribution is -2.30. The van der Waals surface area contributed by atoms with Crippen molar-refractivity contribution in [2.45, 2.75) is 361 Å². The molecule has 0 fully saturated rings. The van der Waals surface area contributed by atoms with E-state index in [0.29, 0.717) is 19.3 Å². The lowest BCUT2D eigenvalue weighted by atomic mass is 10.0. The molecule has 0 aromatic rings. The zero-order valence-electron chi connectivity index (χ0n) is 54.9. The highest BCUT2D eigenvalue weighted by Gasteiger charge is 2.19. The van der Waals surface area contributed by atoms with Gasteiger partial charge in [0.15, 0.2) is 6.10 Å². The molecule has 0 spiro atoms. The zero-order valence-corrected chi connectivity index (χ0v) is 54.9. The highest BCUT2D eigenvalue weighted by molar-refractivity contribution is 5.71. The van der Waals surface area contributed by atoms with Crippen molar-refractivity contribution in [1.82, 2.24) is 0 Å². The van der Waals surface area contributed by atoms with Crippen LogP contribution in [0.1, 0.15) is 355 Å². The van der Waals surface area contributed by atoms with Gasteiger partial charge in [-0.1, -0.05) is 311 Å². The second kappa shape index (κ2) is 70.8. The van der Waals surface area contributed by atoms with Gasteiger partial charge in [0.25, 0.3) is 0 Å². The van der Waals surface area contributed by atoms with Crippen LogP contribution in [0.15, 0.2) is 97.2 Å². The maximum absolute atomic E-state index is 12.9. The normalized spacial score (nSPS) is 12.7. The van der Waals surface area contributed by atoms with Crippen molar-refractivity contribution >= 4 is 17.9 Å². The Morgan fingerprint density at radius 2 is 0.470 bits per heavy atom. The Morgan fingerprint density at radius 3 is 0.747 bits per heavy atom. The zero-order chi connectivity index (χ0) is 59.9. The number of hydrogen-bond donors (Lipinski definition) is 0. The second-order valence-corrected chi connectivity index (χ2v) is 23.8. The Kier molecular flexibility index (Phi) is 67.7. The Balaban J connectivity index is 4.17. The third-order valence-electron chi connectivity index (χ3n) is 15.5. The van der Waals surface area contributed by atoms with Crippen LogP contribution in [0.5, 0.6) is 0 Å². The largest absolute Gasteiger partial charge is 0.462 e. The van der Waals surface area contributed by atoms with Crippen molar-refractivity contribution in [2.24, 2.45) is 0 Å². The maximum Gasteiger partial charge on any atom is 0.306 e. The van der Waals surface area contributed by atoms with Crippen LogP contribution in [0.2, 0.25) is 0 Å². The van der Waals surface area contributed by atoms with E-state index in [1.165, 1.54) is 199 Å². The summed E-state index contributed by atoms with van der Waals surface area (Å²) in [6.45, 7) is 6.54. The Labute approximate surface area is 515 Å². The molecule has 1 unspecified atom stereocenters. The van der Waals surface area contributed by atoms with E-state index in [0.717, 1.165) is 116 Å². The lowest BCUT2D eigenvalue weighted by molar-refractivity contribution is -0.167. The molecule has 0 aliphatic carbocycles. The molecule has 0 bridgehead atoms. The fraction of sp³-hybridized carbons (Fsp3) is 0.753. The molecule has 0 aliphatic heterocycles. The molecule has 0 aromatic carbocycles. The summed E-state index contributed by atoms with van der Waals surface area (Å²) in [6.07, 6.45) is 95.8. The van der Waals surface area contributed by atoms with Gasteiger partial charge in [-0.2, -0.15) is 0 Å². The minimum Gasteiger partial charge on any atom is -0.462 e. The average molecular weight is 1160 g/mol. The van der Waals surface area contributed by atoms with Gasteiger partial charge in [-0.25, -0.2) is 0 Å². The van der Waals surface area contributed by atoms with E-state index in [2.05, 4.69) is 118 Å². The molecule has 0 N–H and O–H groups in total. The van der Waals surface area contributed by atoms with Crippen LogP contribution in [0, 0.1) is 0 Å². The molecule has 478 valence electrons. The smallest absolute Gasteiger partial charge is 0.306 e. The molecule has 83 heavy (non-hydrogen) atoms. The third kappa shape index (κ3) is 69.0. The van der Waals surface area contributed by atoms with E-state index in [-0.39, 0.29) is 31.1 Å². The van der Waals surface area contributed by atoms with Gasteiger partial charge in [0, 0.05) is 19.3 Å². The molecular weight excluding hydrogens is 1020 g/mol. The van der Waals surface area contributed by atoms with E-state index in [1.54, 1.807) is 0 Å². The molecule has 0 radical (unpaired) electrons. The molecule has 0 aliphatic rings. The summed E-state index contributed by atoms with van der Waals surface area (Å²) in [5.74, 6) is -0.880. The second-order valence-electron chi connectivity index (χ2n) is 23.8. The van der Waals surface area contributed by atoms with Crippen LogP contribution in [-0.4, -0.2) is 37.2 Å². The first-order valence-corrected chi connectivity index (χ1v) is 35.7.